The van der Waals surface area contributed by atoms with Crippen LogP contribution in [0.2, 0.25) is 0 Å². The average Bonchev–Trinajstić information content (AvgIpc) is 2.74. The Morgan fingerprint density at radius 1 is 1.26 bits per heavy atom. The zero-order chi connectivity index (χ0) is 14.0. The molecule has 2 aromatic rings. The minimum absolute atomic E-state index is 0.430. The van der Waals surface area contributed by atoms with Crippen LogP contribution in [0.1, 0.15) is 64.7 Å². The van der Waals surface area contributed by atoms with Crippen LogP contribution in [0.25, 0.3) is 11.0 Å². The van der Waals surface area contributed by atoms with E-state index in [1.807, 2.05) is 12.1 Å². The number of imidazole rings is 1. The van der Waals surface area contributed by atoms with Crippen molar-refractivity contribution in [2.45, 2.75) is 58.9 Å². The summed E-state index contributed by atoms with van der Waals surface area (Å²) in [4.78, 5) is 4.81. The number of fused-ring (bicyclic) bond motifs is 1. The van der Waals surface area contributed by atoms with E-state index in [0.29, 0.717) is 12.0 Å². The fourth-order valence-corrected chi connectivity index (χ4v) is 2.77. The van der Waals surface area contributed by atoms with Gasteiger partial charge < -0.3 is 10.3 Å². The molecule has 0 spiro atoms. The molecule has 3 heteroatoms. The van der Waals surface area contributed by atoms with Crippen molar-refractivity contribution in [1.29, 1.82) is 0 Å². The van der Waals surface area contributed by atoms with E-state index in [4.69, 9.17) is 10.7 Å². The Labute approximate surface area is 115 Å². The van der Waals surface area contributed by atoms with Crippen molar-refractivity contribution in [2.24, 2.45) is 0 Å². The Kier molecular flexibility index (Phi) is 4.13. The van der Waals surface area contributed by atoms with Gasteiger partial charge in [-0.05, 0) is 31.0 Å². The Hall–Kier alpha value is -1.51. The van der Waals surface area contributed by atoms with Crippen LogP contribution in [0, 0.1) is 0 Å². The third-order valence-electron chi connectivity index (χ3n) is 3.72. The van der Waals surface area contributed by atoms with Gasteiger partial charge in [-0.25, -0.2) is 4.98 Å². The van der Waals surface area contributed by atoms with E-state index in [9.17, 15) is 0 Å². The highest BCUT2D eigenvalue weighted by Crippen LogP contribution is 2.30. The third kappa shape index (κ3) is 2.60. The van der Waals surface area contributed by atoms with Crippen LogP contribution in [0.5, 0.6) is 0 Å². The maximum absolute atomic E-state index is 5.88. The quantitative estimate of drug-likeness (QED) is 0.804. The highest BCUT2D eigenvalue weighted by Gasteiger charge is 2.19. The number of nitrogens with two attached hydrogens (primary N) is 1. The number of rotatable bonds is 5. The molecule has 0 fully saturated rings. The van der Waals surface area contributed by atoms with E-state index in [-0.39, 0.29) is 0 Å². The highest BCUT2D eigenvalue weighted by atomic mass is 15.1. The van der Waals surface area contributed by atoms with Crippen LogP contribution in [0.3, 0.4) is 0 Å². The molecule has 0 radical (unpaired) electrons. The fraction of sp³-hybridized carbons (Fsp3) is 0.562. The first-order valence-electron chi connectivity index (χ1n) is 7.35. The van der Waals surface area contributed by atoms with E-state index < -0.39 is 0 Å². The van der Waals surface area contributed by atoms with Gasteiger partial charge in [0.25, 0.3) is 0 Å². The molecule has 0 saturated carbocycles. The number of hydrogen-bond acceptors (Lipinski definition) is 2. The maximum Gasteiger partial charge on any atom is 0.112 e. The first-order chi connectivity index (χ1) is 9.08. The summed E-state index contributed by atoms with van der Waals surface area (Å²) in [5.74, 6) is 1.61. The summed E-state index contributed by atoms with van der Waals surface area (Å²) in [5.41, 5.74) is 8.91. The molecule has 1 heterocycles. The minimum atomic E-state index is 0.430. The van der Waals surface area contributed by atoms with Gasteiger partial charge in [0.05, 0.1) is 11.0 Å². The molecule has 0 bridgehead atoms. The van der Waals surface area contributed by atoms with Gasteiger partial charge >= 0.3 is 0 Å². The van der Waals surface area contributed by atoms with Gasteiger partial charge in [-0.15, -0.1) is 0 Å². The Balaban J connectivity index is 2.63. The lowest BCUT2D eigenvalue weighted by molar-refractivity contribution is 0.437. The summed E-state index contributed by atoms with van der Waals surface area (Å²) in [6, 6.07) is 6.61. The molecular formula is C16H25N3. The largest absolute Gasteiger partial charge is 0.399 e. The lowest BCUT2D eigenvalue weighted by Gasteiger charge is -2.21. The number of benzene rings is 1. The van der Waals surface area contributed by atoms with Gasteiger partial charge in [0, 0.05) is 17.6 Å². The zero-order valence-corrected chi connectivity index (χ0v) is 12.5. The second kappa shape index (κ2) is 5.64. The lowest BCUT2D eigenvalue weighted by Crippen LogP contribution is -2.12. The highest BCUT2D eigenvalue weighted by molar-refractivity contribution is 5.80. The van der Waals surface area contributed by atoms with Gasteiger partial charge in [0.2, 0.25) is 0 Å². The van der Waals surface area contributed by atoms with Crippen molar-refractivity contribution in [1.82, 2.24) is 9.55 Å². The second-order valence-electron chi connectivity index (χ2n) is 5.59. The molecule has 2 rings (SSSR count). The van der Waals surface area contributed by atoms with E-state index in [2.05, 4.69) is 38.3 Å². The topological polar surface area (TPSA) is 43.8 Å². The molecule has 1 aromatic heterocycles. The summed E-state index contributed by atoms with van der Waals surface area (Å²) in [6.45, 7) is 8.92. The monoisotopic (exact) mass is 259 g/mol. The Morgan fingerprint density at radius 2 is 2.00 bits per heavy atom. The van der Waals surface area contributed by atoms with Crippen molar-refractivity contribution in [2.75, 3.05) is 5.73 Å². The van der Waals surface area contributed by atoms with Crippen molar-refractivity contribution in [3.8, 4) is 0 Å². The second-order valence-corrected chi connectivity index (χ2v) is 5.59. The van der Waals surface area contributed by atoms with Crippen molar-refractivity contribution >= 4 is 16.7 Å². The van der Waals surface area contributed by atoms with Gasteiger partial charge in [-0.3, -0.25) is 0 Å². The van der Waals surface area contributed by atoms with Crippen LogP contribution >= 0.6 is 0 Å². The predicted octanol–water partition coefficient (Wildman–Crippen LogP) is 4.49. The molecule has 0 amide bonds. The van der Waals surface area contributed by atoms with E-state index in [0.717, 1.165) is 17.6 Å². The Bertz CT molecular complexity index is 554. The zero-order valence-electron chi connectivity index (χ0n) is 12.5. The molecule has 19 heavy (non-hydrogen) atoms. The molecule has 0 aliphatic heterocycles. The first kappa shape index (κ1) is 13.9. The van der Waals surface area contributed by atoms with Crippen molar-refractivity contribution < 1.29 is 0 Å². The van der Waals surface area contributed by atoms with Crippen LogP contribution in [0.15, 0.2) is 18.2 Å². The standard InChI is InChI=1S/C16H25N3/c1-5-7-13(6-2)19-15-9-8-12(17)10-14(15)18-16(19)11(3)4/h8-11,13H,5-7,17H2,1-4H3. The minimum Gasteiger partial charge on any atom is -0.399 e. The summed E-state index contributed by atoms with van der Waals surface area (Å²) in [6.07, 6.45) is 3.54. The molecule has 1 atom stereocenters. The van der Waals surface area contributed by atoms with Gasteiger partial charge in [-0.2, -0.15) is 0 Å². The molecule has 0 aliphatic rings. The molecule has 2 N–H and O–H groups in total. The van der Waals surface area contributed by atoms with Gasteiger partial charge in [0.15, 0.2) is 0 Å². The molecule has 3 nitrogen and oxygen atoms in total. The van der Waals surface area contributed by atoms with Crippen molar-refractivity contribution in [3.63, 3.8) is 0 Å². The molecule has 104 valence electrons. The van der Waals surface area contributed by atoms with Crippen LogP contribution < -0.4 is 5.73 Å². The average molecular weight is 259 g/mol. The molecule has 1 unspecified atom stereocenters. The molecule has 0 saturated heterocycles. The summed E-state index contributed by atoms with van der Waals surface area (Å²) in [7, 11) is 0. The summed E-state index contributed by atoms with van der Waals surface area (Å²) >= 11 is 0. The molecular weight excluding hydrogens is 234 g/mol. The number of anilines is 1. The van der Waals surface area contributed by atoms with E-state index in [1.165, 1.54) is 24.2 Å². The normalized spacial score (nSPS) is 13.3. The van der Waals surface area contributed by atoms with Crippen LogP contribution in [-0.4, -0.2) is 9.55 Å². The fourth-order valence-electron chi connectivity index (χ4n) is 2.77. The summed E-state index contributed by atoms with van der Waals surface area (Å²) < 4.78 is 2.43. The van der Waals surface area contributed by atoms with Gasteiger partial charge in [0.1, 0.15) is 5.82 Å². The van der Waals surface area contributed by atoms with Crippen LogP contribution in [0.4, 0.5) is 5.69 Å². The smallest absolute Gasteiger partial charge is 0.112 e. The van der Waals surface area contributed by atoms with E-state index >= 15 is 0 Å². The van der Waals surface area contributed by atoms with Crippen molar-refractivity contribution in [3.05, 3.63) is 24.0 Å². The van der Waals surface area contributed by atoms with E-state index in [1.54, 1.807) is 0 Å². The molecule has 1 aromatic carbocycles. The summed E-state index contributed by atoms with van der Waals surface area (Å²) in [5, 5.41) is 0. The van der Waals surface area contributed by atoms with Gasteiger partial charge in [-0.1, -0.05) is 34.1 Å². The lowest BCUT2D eigenvalue weighted by atomic mass is 10.1. The predicted molar refractivity (Wildman–Crippen MR) is 82.5 cm³/mol. The third-order valence-corrected chi connectivity index (χ3v) is 3.72. The number of hydrogen-bond donors (Lipinski definition) is 1. The number of nitrogen functional groups attached to an aromatic ring is 1. The number of nitrogens with zero attached hydrogens (tertiary/aromatic N) is 2. The Morgan fingerprint density at radius 3 is 2.58 bits per heavy atom. The number of aromatic nitrogens is 2. The maximum atomic E-state index is 5.88. The SMILES string of the molecule is CCCC(CC)n1c(C(C)C)nc2cc(N)ccc21. The molecule has 0 aliphatic carbocycles. The first-order valence-corrected chi connectivity index (χ1v) is 7.35. The van der Waals surface area contributed by atoms with Crippen LogP contribution in [-0.2, 0) is 0 Å².